The van der Waals surface area contributed by atoms with E-state index >= 15 is 0 Å². The highest BCUT2D eigenvalue weighted by Gasteiger charge is 2.28. The fourth-order valence-corrected chi connectivity index (χ4v) is 3.35. The smallest absolute Gasteiger partial charge is 0.248 e. The molecule has 0 radical (unpaired) electrons. The molecule has 2 aromatic heterocycles. The van der Waals surface area contributed by atoms with Crippen LogP contribution < -0.4 is 0 Å². The van der Waals surface area contributed by atoms with Crippen molar-refractivity contribution in [3.63, 3.8) is 0 Å². The normalized spacial score (nSPS) is 14.0. The monoisotopic (exact) mass is 430 g/mol. The molecule has 1 aliphatic heterocycles. The van der Waals surface area contributed by atoms with Crippen molar-refractivity contribution in [2.75, 3.05) is 19.7 Å². The second-order valence-electron chi connectivity index (χ2n) is 7.52. The van der Waals surface area contributed by atoms with E-state index in [1.54, 1.807) is 24.2 Å². The molecule has 1 atom stereocenters. The summed E-state index contributed by atoms with van der Waals surface area (Å²) in [5.41, 5.74) is 2.44. The zero-order valence-electron chi connectivity index (χ0n) is 17.5. The average molecular weight is 430 g/mol. The van der Waals surface area contributed by atoms with Crippen LogP contribution >= 0.6 is 0 Å². The minimum absolute atomic E-state index is 0.113. The maximum absolute atomic E-state index is 11.3. The lowest BCUT2D eigenvalue weighted by Gasteiger charge is -2.35. The number of hydrogen-bond acceptors (Lipinski definition) is 6. The molecule has 8 nitrogen and oxygen atoms in total. The molecule has 3 aromatic rings. The number of aliphatic hydroxyl groups is 2. The number of carbonyl (C=O) groups is 1. The van der Waals surface area contributed by atoms with Gasteiger partial charge in [0.05, 0.1) is 12.5 Å². The van der Waals surface area contributed by atoms with Crippen LogP contribution in [0, 0.1) is 29.6 Å². The summed E-state index contributed by atoms with van der Waals surface area (Å²) >= 11 is 0. The van der Waals surface area contributed by atoms with Crippen molar-refractivity contribution in [1.82, 2.24) is 19.6 Å². The standard InChI is InChI=1S/C24H22N4O4/c1-17(30)24-25-10-11-27(24)15-21-12-22(32-26-21)20-8-6-18(7-9-20)4-2-3-5-19-13-28(14-19)23(31)16-29/h6-12,17,19,29-30H,13-16H2,1H3/t17-/m0/s1. The lowest BCUT2D eigenvalue weighted by Crippen LogP contribution is -2.50. The molecule has 1 amide bonds. The van der Waals surface area contributed by atoms with Crippen molar-refractivity contribution < 1.29 is 19.5 Å². The van der Waals surface area contributed by atoms with Crippen molar-refractivity contribution >= 4 is 5.91 Å². The van der Waals surface area contributed by atoms with Crippen molar-refractivity contribution in [3.8, 4) is 35.0 Å². The van der Waals surface area contributed by atoms with Crippen LogP contribution in [0.2, 0.25) is 0 Å². The van der Waals surface area contributed by atoms with Crippen LogP contribution in [0.4, 0.5) is 0 Å². The lowest BCUT2D eigenvalue weighted by atomic mass is 10.0. The van der Waals surface area contributed by atoms with Gasteiger partial charge in [-0.25, -0.2) is 4.98 Å². The minimum atomic E-state index is -0.659. The van der Waals surface area contributed by atoms with Crippen LogP contribution in [-0.2, 0) is 11.3 Å². The van der Waals surface area contributed by atoms with Gasteiger partial charge in [0.2, 0.25) is 5.91 Å². The summed E-state index contributed by atoms with van der Waals surface area (Å²) in [5, 5.41) is 22.7. The second kappa shape index (κ2) is 9.52. The molecule has 3 heterocycles. The Morgan fingerprint density at radius 2 is 2.06 bits per heavy atom. The third-order valence-corrected chi connectivity index (χ3v) is 5.10. The van der Waals surface area contributed by atoms with Crippen LogP contribution in [0.15, 0.2) is 47.2 Å². The summed E-state index contributed by atoms with van der Waals surface area (Å²) in [7, 11) is 0. The van der Waals surface area contributed by atoms with Crippen LogP contribution in [0.5, 0.6) is 0 Å². The van der Waals surface area contributed by atoms with E-state index in [9.17, 15) is 9.90 Å². The average Bonchev–Trinajstić information content (AvgIpc) is 3.42. The first-order valence-corrected chi connectivity index (χ1v) is 10.2. The number of likely N-dealkylation sites (tertiary alicyclic amines) is 1. The molecule has 0 aliphatic carbocycles. The third kappa shape index (κ3) is 4.89. The molecular weight excluding hydrogens is 408 g/mol. The fourth-order valence-electron chi connectivity index (χ4n) is 3.35. The number of hydrogen-bond donors (Lipinski definition) is 2. The Balaban J connectivity index is 1.34. The fraction of sp³-hybridized carbons (Fsp3) is 0.292. The van der Waals surface area contributed by atoms with Gasteiger partial charge >= 0.3 is 0 Å². The summed E-state index contributed by atoms with van der Waals surface area (Å²) in [6.07, 6.45) is 2.78. The van der Waals surface area contributed by atoms with Crippen LogP contribution in [0.1, 0.15) is 30.1 Å². The number of imidazole rings is 1. The summed E-state index contributed by atoms with van der Waals surface area (Å²) in [4.78, 5) is 17.0. The van der Waals surface area contributed by atoms with Gasteiger partial charge in [-0.3, -0.25) is 4.79 Å². The second-order valence-corrected chi connectivity index (χ2v) is 7.52. The SMILES string of the molecule is C[C@H](O)c1nccn1Cc1cc(-c2ccc(C#CC#CC3CN(C(=O)CO)C3)cc2)on1. The van der Waals surface area contributed by atoms with Gasteiger partial charge in [-0.15, -0.1) is 0 Å². The Morgan fingerprint density at radius 3 is 2.78 bits per heavy atom. The molecule has 8 heteroatoms. The van der Waals surface area contributed by atoms with Crippen molar-refractivity contribution in [2.45, 2.75) is 19.6 Å². The Bertz CT molecular complexity index is 1210. The predicted octanol–water partition coefficient (Wildman–Crippen LogP) is 1.45. The summed E-state index contributed by atoms with van der Waals surface area (Å²) in [6.45, 7) is 2.76. The van der Waals surface area contributed by atoms with Gasteiger partial charge in [0.1, 0.15) is 24.2 Å². The first-order chi connectivity index (χ1) is 15.5. The van der Waals surface area contributed by atoms with Crippen molar-refractivity contribution in [1.29, 1.82) is 0 Å². The molecule has 0 saturated carbocycles. The number of rotatable bonds is 5. The van der Waals surface area contributed by atoms with E-state index in [-0.39, 0.29) is 11.8 Å². The molecule has 32 heavy (non-hydrogen) atoms. The zero-order valence-corrected chi connectivity index (χ0v) is 17.5. The maximum atomic E-state index is 11.3. The lowest BCUT2D eigenvalue weighted by molar-refractivity contribution is -0.139. The summed E-state index contributed by atoms with van der Waals surface area (Å²) in [6, 6.07) is 9.45. The highest BCUT2D eigenvalue weighted by atomic mass is 16.5. The summed E-state index contributed by atoms with van der Waals surface area (Å²) in [5.74, 6) is 12.8. The van der Waals surface area contributed by atoms with Gasteiger partial charge in [0, 0.05) is 42.7 Å². The molecule has 4 rings (SSSR count). The molecule has 1 fully saturated rings. The van der Waals surface area contributed by atoms with Crippen molar-refractivity contribution in [2.24, 2.45) is 5.92 Å². The van der Waals surface area contributed by atoms with Crippen LogP contribution in [0.25, 0.3) is 11.3 Å². The molecule has 2 N–H and O–H groups in total. The quantitative estimate of drug-likeness (QED) is 0.594. The van der Waals surface area contributed by atoms with Crippen molar-refractivity contribution in [3.05, 3.63) is 59.8 Å². The number of amides is 1. The molecule has 0 unspecified atom stereocenters. The van der Waals surface area contributed by atoms with Crippen LogP contribution in [-0.4, -0.2) is 55.4 Å². The molecule has 1 saturated heterocycles. The number of carbonyl (C=O) groups excluding carboxylic acids is 1. The Hall–Kier alpha value is -3.85. The predicted molar refractivity (Wildman–Crippen MR) is 116 cm³/mol. The number of aliphatic hydroxyl groups excluding tert-OH is 2. The Morgan fingerprint density at radius 1 is 1.28 bits per heavy atom. The van der Waals surface area contributed by atoms with E-state index in [0.717, 1.165) is 16.8 Å². The van der Waals surface area contributed by atoms with E-state index in [2.05, 4.69) is 33.8 Å². The Kier molecular flexibility index (Phi) is 6.37. The van der Waals surface area contributed by atoms with Gasteiger partial charge in [0.15, 0.2) is 5.76 Å². The van der Waals surface area contributed by atoms with Gasteiger partial charge in [0.25, 0.3) is 0 Å². The van der Waals surface area contributed by atoms with Gasteiger partial charge in [-0.05, 0) is 43.0 Å². The van der Waals surface area contributed by atoms with Crippen LogP contribution in [0.3, 0.4) is 0 Å². The topological polar surface area (TPSA) is 105 Å². The molecule has 0 spiro atoms. The van der Waals surface area contributed by atoms with E-state index < -0.39 is 12.7 Å². The number of aromatic nitrogens is 3. The Labute approximate surface area is 185 Å². The van der Waals surface area contributed by atoms with E-state index in [0.29, 0.717) is 31.2 Å². The van der Waals surface area contributed by atoms with Gasteiger partial charge in [-0.1, -0.05) is 17.0 Å². The first kappa shape index (κ1) is 21.4. The molecule has 1 aliphatic rings. The minimum Gasteiger partial charge on any atom is -0.387 e. The molecule has 162 valence electrons. The summed E-state index contributed by atoms with van der Waals surface area (Å²) < 4.78 is 7.30. The third-order valence-electron chi connectivity index (χ3n) is 5.10. The molecule has 1 aromatic carbocycles. The zero-order chi connectivity index (χ0) is 22.5. The number of benzene rings is 1. The molecule has 0 bridgehead atoms. The maximum Gasteiger partial charge on any atom is 0.248 e. The molecular formula is C24H22N4O4. The first-order valence-electron chi connectivity index (χ1n) is 10.2. The van der Waals surface area contributed by atoms with Gasteiger partial charge < -0.3 is 24.2 Å². The van der Waals surface area contributed by atoms with E-state index in [1.165, 1.54) is 0 Å². The highest BCUT2D eigenvalue weighted by Crippen LogP contribution is 2.22. The van der Waals surface area contributed by atoms with E-state index in [1.807, 2.05) is 34.9 Å². The van der Waals surface area contributed by atoms with Gasteiger partial charge in [-0.2, -0.15) is 0 Å². The van der Waals surface area contributed by atoms with E-state index in [4.69, 9.17) is 9.63 Å². The highest BCUT2D eigenvalue weighted by molar-refractivity contribution is 5.78. The number of nitrogens with zero attached hydrogens (tertiary/aromatic N) is 4. The largest absolute Gasteiger partial charge is 0.387 e.